The molecule has 0 aromatic carbocycles. The fourth-order valence-corrected chi connectivity index (χ4v) is 5.59. The maximum atomic E-state index is 12.9. The Hall–Kier alpha value is -3.10. The van der Waals surface area contributed by atoms with Crippen molar-refractivity contribution in [3.05, 3.63) is 40.8 Å². The number of imidazole rings is 2. The van der Waals surface area contributed by atoms with Crippen LogP contribution < -0.4 is 10.6 Å². The van der Waals surface area contributed by atoms with E-state index in [-0.39, 0.29) is 22.4 Å². The smallest absolute Gasteiger partial charge is 0.330 e. The van der Waals surface area contributed by atoms with E-state index in [9.17, 15) is 9.59 Å². The zero-order valence-corrected chi connectivity index (χ0v) is 20.7. The van der Waals surface area contributed by atoms with Crippen molar-refractivity contribution in [3.63, 3.8) is 0 Å². The van der Waals surface area contributed by atoms with Crippen molar-refractivity contribution in [1.29, 1.82) is 0 Å². The molecule has 9 nitrogen and oxygen atoms in total. The first-order chi connectivity index (χ1) is 16.2. The van der Waals surface area contributed by atoms with Gasteiger partial charge in [-0.1, -0.05) is 20.8 Å². The van der Waals surface area contributed by atoms with E-state index in [1.54, 1.807) is 17.0 Å². The number of amides is 1. The first kappa shape index (κ1) is 22.7. The Balaban J connectivity index is 1.34. The van der Waals surface area contributed by atoms with E-state index in [1.165, 1.54) is 6.42 Å². The minimum Gasteiger partial charge on any atom is -0.356 e. The molecule has 0 aliphatic carbocycles. The lowest BCUT2D eigenvalue weighted by Crippen LogP contribution is -2.51. The number of hydrogen-bond acceptors (Lipinski definition) is 5. The normalized spacial score (nSPS) is 18.7. The van der Waals surface area contributed by atoms with Gasteiger partial charge in [0.1, 0.15) is 5.82 Å². The number of carbonyl (C=O) groups is 1. The average molecular weight is 466 g/mol. The molecular formula is C25H35N7O2. The highest BCUT2D eigenvalue weighted by atomic mass is 16.2. The molecule has 2 saturated heterocycles. The van der Waals surface area contributed by atoms with Crippen LogP contribution in [-0.4, -0.2) is 61.1 Å². The Bertz CT molecular complexity index is 1240. The average Bonchev–Trinajstić information content (AvgIpc) is 3.42. The highest BCUT2D eigenvalue weighted by molar-refractivity contribution is 5.90. The quantitative estimate of drug-likeness (QED) is 0.642. The maximum Gasteiger partial charge on any atom is 0.330 e. The number of piperidine rings is 2. The van der Waals surface area contributed by atoms with Crippen LogP contribution >= 0.6 is 0 Å². The third-order valence-electron chi connectivity index (χ3n) is 7.40. The van der Waals surface area contributed by atoms with Gasteiger partial charge >= 0.3 is 5.69 Å². The standard InChI is InChI=1S/C25H35N7O2/c1-24(2,3)16-32-18-6-7-19(28-21(18)29(4)23(32)34)31-13-5-8-25(17-31)9-14-30(15-10-25)22(33)20-26-11-12-27-20/h6-7,11-12H,5,8-10,13-17H2,1-4H3,(H,26,27). The van der Waals surface area contributed by atoms with E-state index in [4.69, 9.17) is 4.98 Å². The molecule has 34 heavy (non-hydrogen) atoms. The summed E-state index contributed by atoms with van der Waals surface area (Å²) < 4.78 is 3.51. The number of carbonyl (C=O) groups excluding carboxylic acids is 1. The number of aromatic nitrogens is 5. The lowest BCUT2D eigenvalue weighted by Gasteiger charge is -2.48. The molecule has 5 rings (SSSR count). The number of H-pyrrole nitrogens is 1. The van der Waals surface area contributed by atoms with Crippen LogP contribution in [-0.2, 0) is 13.6 Å². The molecule has 2 aliphatic rings. The SMILES string of the molecule is Cn1c(=O)n(CC(C)(C)C)c2ccc(N3CCCC4(CCN(C(=O)c5ncc[nH]5)CC4)C3)nc21. The van der Waals surface area contributed by atoms with E-state index in [0.29, 0.717) is 12.4 Å². The first-order valence-corrected chi connectivity index (χ1v) is 12.3. The summed E-state index contributed by atoms with van der Waals surface area (Å²) in [5.41, 5.74) is 1.81. The number of nitrogens with zero attached hydrogens (tertiary/aromatic N) is 6. The molecule has 0 radical (unpaired) electrons. The summed E-state index contributed by atoms with van der Waals surface area (Å²) in [7, 11) is 1.81. The van der Waals surface area contributed by atoms with Crippen molar-refractivity contribution in [2.45, 2.75) is 53.0 Å². The summed E-state index contributed by atoms with van der Waals surface area (Å²) in [5.74, 6) is 1.34. The van der Waals surface area contributed by atoms with Crippen molar-refractivity contribution in [1.82, 2.24) is 29.0 Å². The van der Waals surface area contributed by atoms with Crippen molar-refractivity contribution < 1.29 is 4.79 Å². The Morgan fingerprint density at radius 1 is 1.15 bits per heavy atom. The third kappa shape index (κ3) is 4.12. The Morgan fingerprint density at radius 2 is 1.91 bits per heavy atom. The summed E-state index contributed by atoms with van der Waals surface area (Å²) in [5, 5.41) is 0. The zero-order valence-electron chi connectivity index (χ0n) is 20.7. The largest absolute Gasteiger partial charge is 0.356 e. The second kappa shape index (κ2) is 8.29. The van der Waals surface area contributed by atoms with Gasteiger partial charge in [0, 0.05) is 52.2 Å². The van der Waals surface area contributed by atoms with Gasteiger partial charge < -0.3 is 14.8 Å². The van der Waals surface area contributed by atoms with E-state index < -0.39 is 0 Å². The van der Waals surface area contributed by atoms with Gasteiger partial charge in [-0.15, -0.1) is 0 Å². The van der Waals surface area contributed by atoms with Gasteiger partial charge in [-0.25, -0.2) is 14.8 Å². The molecule has 1 spiro atoms. The number of hydrogen-bond donors (Lipinski definition) is 1. The van der Waals surface area contributed by atoms with E-state index >= 15 is 0 Å². The van der Waals surface area contributed by atoms with Crippen LogP contribution in [0.15, 0.2) is 29.3 Å². The van der Waals surface area contributed by atoms with Crippen LogP contribution in [0.1, 0.15) is 57.1 Å². The summed E-state index contributed by atoms with van der Waals surface area (Å²) in [6, 6.07) is 4.12. The molecule has 5 heterocycles. The van der Waals surface area contributed by atoms with Crippen molar-refractivity contribution in [3.8, 4) is 0 Å². The predicted molar refractivity (Wildman–Crippen MR) is 132 cm³/mol. The number of anilines is 1. The molecule has 9 heteroatoms. The van der Waals surface area contributed by atoms with E-state index in [0.717, 1.165) is 62.4 Å². The number of aryl methyl sites for hydroxylation is 1. The van der Waals surface area contributed by atoms with Crippen LogP contribution in [0.25, 0.3) is 11.2 Å². The molecule has 0 unspecified atom stereocenters. The molecule has 0 bridgehead atoms. The predicted octanol–water partition coefficient (Wildman–Crippen LogP) is 3.03. The van der Waals surface area contributed by atoms with Gasteiger partial charge in [0.2, 0.25) is 0 Å². The number of rotatable bonds is 3. The van der Waals surface area contributed by atoms with E-state index in [2.05, 4.69) is 47.8 Å². The maximum absolute atomic E-state index is 12.9. The summed E-state index contributed by atoms with van der Waals surface area (Å²) in [6.45, 7) is 10.5. The fraction of sp³-hybridized carbons (Fsp3) is 0.600. The van der Waals surface area contributed by atoms with Gasteiger partial charge in [-0.05, 0) is 48.6 Å². The lowest BCUT2D eigenvalue weighted by molar-refractivity contribution is 0.0530. The van der Waals surface area contributed by atoms with Gasteiger partial charge in [0.25, 0.3) is 5.91 Å². The highest BCUT2D eigenvalue weighted by Gasteiger charge is 2.40. The minimum absolute atomic E-state index is 0.00319. The van der Waals surface area contributed by atoms with Gasteiger partial charge in [-0.2, -0.15) is 0 Å². The summed E-state index contributed by atoms with van der Waals surface area (Å²) in [4.78, 5) is 41.9. The zero-order chi connectivity index (χ0) is 24.1. The highest BCUT2D eigenvalue weighted by Crippen LogP contribution is 2.41. The first-order valence-electron chi connectivity index (χ1n) is 12.3. The van der Waals surface area contributed by atoms with E-state index in [1.807, 2.05) is 16.5 Å². The molecule has 182 valence electrons. The van der Waals surface area contributed by atoms with Gasteiger partial charge in [0.15, 0.2) is 11.5 Å². The number of nitrogens with one attached hydrogen (secondary N) is 1. The molecule has 2 aliphatic heterocycles. The molecule has 1 N–H and O–H groups in total. The second-order valence-electron chi connectivity index (χ2n) is 11.3. The Kier molecular flexibility index (Phi) is 5.53. The number of fused-ring (bicyclic) bond motifs is 1. The van der Waals surface area contributed by atoms with Crippen molar-refractivity contribution >= 4 is 22.9 Å². The molecule has 0 atom stereocenters. The molecule has 0 saturated carbocycles. The Labute approximate surface area is 199 Å². The fourth-order valence-electron chi connectivity index (χ4n) is 5.59. The van der Waals surface area contributed by atoms with Crippen LogP contribution in [0, 0.1) is 10.8 Å². The second-order valence-corrected chi connectivity index (χ2v) is 11.3. The topological polar surface area (TPSA) is 92.0 Å². The van der Waals surface area contributed by atoms with Crippen molar-refractivity contribution in [2.75, 3.05) is 31.1 Å². The number of aromatic amines is 1. The molecule has 3 aromatic rings. The monoisotopic (exact) mass is 465 g/mol. The Morgan fingerprint density at radius 3 is 2.59 bits per heavy atom. The number of pyridine rings is 1. The minimum atomic E-state index is -0.0155. The summed E-state index contributed by atoms with van der Waals surface area (Å²) in [6.07, 6.45) is 7.56. The molecule has 1 amide bonds. The van der Waals surface area contributed by atoms with Gasteiger partial charge in [0.05, 0.1) is 5.52 Å². The third-order valence-corrected chi connectivity index (χ3v) is 7.40. The number of likely N-dealkylation sites (tertiary alicyclic amines) is 1. The van der Waals surface area contributed by atoms with Crippen LogP contribution in [0.2, 0.25) is 0 Å². The lowest BCUT2D eigenvalue weighted by atomic mass is 9.72. The molecular weight excluding hydrogens is 430 g/mol. The van der Waals surface area contributed by atoms with Crippen LogP contribution in [0.5, 0.6) is 0 Å². The van der Waals surface area contributed by atoms with Crippen LogP contribution in [0.4, 0.5) is 5.82 Å². The van der Waals surface area contributed by atoms with Crippen molar-refractivity contribution in [2.24, 2.45) is 17.9 Å². The summed E-state index contributed by atoms with van der Waals surface area (Å²) >= 11 is 0. The van der Waals surface area contributed by atoms with Crippen LogP contribution in [0.3, 0.4) is 0 Å². The molecule has 2 fully saturated rings. The molecule has 3 aromatic heterocycles. The van der Waals surface area contributed by atoms with Gasteiger partial charge in [-0.3, -0.25) is 13.9 Å².